The molecule has 0 aromatic carbocycles. The zero-order valence-electron chi connectivity index (χ0n) is 17.5. The number of hydrogen-bond acceptors (Lipinski definition) is 0. The monoisotopic (exact) mass is 348 g/mol. The van der Waals surface area contributed by atoms with E-state index in [1.807, 2.05) is 0 Å². The summed E-state index contributed by atoms with van der Waals surface area (Å²) in [6.45, 7) is 22.0. The molecule has 0 amide bonds. The first-order chi connectivity index (χ1) is 9.11. The van der Waals surface area contributed by atoms with Gasteiger partial charge in [-0.15, -0.1) is 0 Å². The van der Waals surface area contributed by atoms with Crippen LogP contribution in [0.2, 0.25) is 0 Å². The van der Waals surface area contributed by atoms with E-state index in [1.54, 1.807) is 0 Å². The van der Waals surface area contributed by atoms with Crippen molar-refractivity contribution in [2.24, 2.45) is 0 Å². The maximum Gasteiger partial charge on any atom is 4.00 e. The molecule has 2 saturated carbocycles. The van der Waals surface area contributed by atoms with Crippen molar-refractivity contribution >= 4 is 0 Å². The van der Waals surface area contributed by atoms with Crippen LogP contribution in [-0.4, -0.2) is 0 Å². The van der Waals surface area contributed by atoms with Crippen molar-refractivity contribution in [3.8, 4) is 0 Å². The van der Waals surface area contributed by atoms with Crippen LogP contribution in [0.1, 0.15) is 69.2 Å². The molecule has 0 aliphatic heterocycles. The van der Waals surface area contributed by atoms with E-state index in [0.29, 0.717) is 0 Å². The summed E-state index contributed by atoms with van der Waals surface area (Å²) < 4.78 is 0. The fourth-order valence-corrected chi connectivity index (χ4v) is 2.81. The molecule has 2 aliphatic rings. The van der Waals surface area contributed by atoms with Gasteiger partial charge in [-0.25, -0.2) is 0 Å². The Balaban J connectivity index is -0.000000308. The second-order valence-electron chi connectivity index (χ2n) is 6.25. The molecule has 0 aromatic rings. The van der Waals surface area contributed by atoms with Crippen LogP contribution in [0.25, 0.3) is 0 Å². The van der Waals surface area contributed by atoms with Crippen LogP contribution in [0.4, 0.5) is 0 Å². The summed E-state index contributed by atoms with van der Waals surface area (Å²) in [6.07, 6.45) is 0. The van der Waals surface area contributed by atoms with Crippen LogP contribution in [0.3, 0.4) is 0 Å². The number of hydrogen-bond donors (Lipinski definition) is 0. The summed E-state index contributed by atoms with van der Waals surface area (Å²) >= 11 is 0. The van der Waals surface area contributed by atoms with Crippen molar-refractivity contribution < 1.29 is 21.7 Å². The van der Waals surface area contributed by atoms with Gasteiger partial charge in [0.1, 0.15) is 0 Å². The topological polar surface area (TPSA) is 0 Å². The molecule has 2 fully saturated rings. The van der Waals surface area contributed by atoms with E-state index >= 15 is 0 Å². The van der Waals surface area contributed by atoms with Crippen molar-refractivity contribution in [1.82, 2.24) is 0 Å². The summed E-state index contributed by atoms with van der Waals surface area (Å²) in [5, 5.41) is 0. The van der Waals surface area contributed by atoms with Crippen molar-refractivity contribution in [3.05, 3.63) is 74.0 Å². The van der Waals surface area contributed by atoms with E-state index < -0.39 is 0 Å². The average Bonchev–Trinajstić information content (AvgIpc) is 2.71. The first-order valence-corrected chi connectivity index (χ1v) is 7.50. The Bertz CT molecular complexity index is 181. The normalized spacial score (nSPS) is 24.8. The Morgan fingerprint density at radius 2 is 0.304 bits per heavy atom. The quantitative estimate of drug-likeness (QED) is 0.332. The van der Waals surface area contributed by atoms with Gasteiger partial charge in [0.2, 0.25) is 0 Å². The van der Waals surface area contributed by atoms with E-state index in [0.717, 1.165) is 0 Å². The minimum Gasteiger partial charge on any atom is -0.358 e. The van der Waals surface area contributed by atoms with Crippen LogP contribution >= 0.6 is 0 Å². The maximum atomic E-state index is 2.20. The summed E-state index contributed by atoms with van der Waals surface area (Å²) in [5.41, 5.74) is 0. The largest absolute Gasteiger partial charge is 4.00 e. The molecule has 0 heterocycles. The smallest absolute Gasteiger partial charge is 0.358 e. The minimum atomic E-state index is 0. The molecular weight excluding hydrogens is 312 g/mol. The molecule has 10 radical (unpaired) electrons. The third kappa shape index (κ3) is 5.88. The molecule has 0 spiro atoms. The van der Waals surface area contributed by atoms with Gasteiger partial charge in [0.25, 0.3) is 0 Å². The molecule has 23 heavy (non-hydrogen) atoms. The summed E-state index contributed by atoms with van der Waals surface area (Å²) in [4.78, 5) is 0. The molecule has 0 aromatic heterocycles. The molecule has 0 saturated heterocycles. The molecule has 1 heteroatoms. The molecular formula is C22H36Ti+2. The predicted molar refractivity (Wildman–Crippen MR) is 102 cm³/mol. The van der Waals surface area contributed by atoms with E-state index in [-0.39, 0.29) is 36.6 Å². The van der Waals surface area contributed by atoms with Crippen LogP contribution in [0, 0.1) is 74.0 Å². The van der Waals surface area contributed by atoms with Crippen molar-refractivity contribution in [1.29, 1.82) is 0 Å². The molecule has 2 aliphatic carbocycles. The molecule has 0 bridgehead atoms. The second kappa shape index (κ2) is 11.4. The predicted octanol–water partition coefficient (Wildman–Crippen LogP) is 6.84. The third-order valence-electron chi connectivity index (χ3n) is 5.62. The van der Waals surface area contributed by atoms with Gasteiger partial charge in [0.05, 0.1) is 0 Å². The zero-order valence-corrected chi connectivity index (χ0v) is 19.1. The zero-order chi connectivity index (χ0) is 15.8. The van der Waals surface area contributed by atoms with Crippen molar-refractivity contribution in [2.45, 2.75) is 69.2 Å². The third-order valence-corrected chi connectivity index (χ3v) is 5.62. The Labute approximate surface area is 164 Å². The molecule has 0 nitrogen and oxygen atoms in total. The van der Waals surface area contributed by atoms with Crippen molar-refractivity contribution in [3.63, 3.8) is 0 Å². The van der Waals surface area contributed by atoms with Crippen LogP contribution < -0.4 is 0 Å². The fraction of sp³-hybridized carbons (Fsp3) is 0.455. The van der Waals surface area contributed by atoms with E-state index in [4.69, 9.17) is 0 Å². The van der Waals surface area contributed by atoms with Gasteiger partial charge in [0.15, 0.2) is 0 Å². The van der Waals surface area contributed by atoms with Gasteiger partial charge >= 0.3 is 21.7 Å². The molecule has 0 N–H and O–H groups in total. The SMILES string of the molecule is C[C]1[C](C)[C](C)[C](C)[C]1C.C[C]1[C](C)[C](C)[C](C)[C]1C.[CH3-].[CH3-].[Ti+4]. The molecule has 0 atom stereocenters. The molecule has 0 unspecified atom stereocenters. The Hall–Kier alpha value is 0.714. The van der Waals surface area contributed by atoms with Crippen molar-refractivity contribution in [2.75, 3.05) is 0 Å². The van der Waals surface area contributed by atoms with Gasteiger partial charge in [-0.1, -0.05) is 69.2 Å². The van der Waals surface area contributed by atoms with E-state index in [9.17, 15) is 0 Å². The minimum absolute atomic E-state index is 0. The number of rotatable bonds is 0. The standard InChI is InChI=1S/2C10H15.2CH3.Ti/c2*1-6-7(2)9(4)10(5)8(6)3;;;/h2*1-5H3;2*1H3;/q;;2*-1;+4. The van der Waals surface area contributed by atoms with Gasteiger partial charge in [-0.3, -0.25) is 0 Å². The van der Waals surface area contributed by atoms with Gasteiger partial charge in [-0.05, 0) is 59.2 Å². The van der Waals surface area contributed by atoms with Crippen LogP contribution in [0.5, 0.6) is 0 Å². The van der Waals surface area contributed by atoms with E-state index in [2.05, 4.69) is 69.2 Å². The van der Waals surface area contributed by atoms with E-state index in [1.165, 1.54) is 59.2 Å². The fourth-order valence-electron chi connectivity index (χ4n) is 2.81. The molecule has 126 valence electrons. The maximum absolute atomic E-state index is 2.20. The average molecular weight is 348 g/mol. The van der Waals surface area contributed by atoms with Gasteiger partial charge < -0.3 is 14.9 Å². The summed E-state index contributed by atoms with van der Waals surface area (Å²) in [6, 6.07) is 0. The Kier molecular flexibility index (Phi) is 14.1. The van der Waals surface area contributed by atoms with Gasteiger partial charge in [-0.2, -0.15) is 0 Å². The van der Waals surface area contributed by atoms with Crippen LogP contribution in [0.15, 0.2) is 0 Å². The summed E-state index contributed by atoms with van der Waals surface area (Å²) in [5.74, 6) is 14.7. The molecule has 2 rings (SSSR count). The first-order valence-electron chi connectivity index (χ1n) is 7.50. The first kappa shape index (κ1) is 28.5. The van der Waals surface area contributed by atoms with Crippen LogP contribution in [-0.2, 0) is 21.7 Å². The Morgan fingerprint density at radius 3 is 0.348 bits per heavy atom. The Morgan fingerprint density at radius 1 is 0.261 bits per heavy atom. The summed E-state index contributed by atoms with van der Waals surface area (Å²) in [7, 11) is 0. The van der Waals surface area contributed by atoms with Gasteiger partial charge in [0, 0.05) is 0 Å². The second-order valence-corrected chi connectivity index (χ2v) is 6.25.